The molecule has 1 saturated heterocycles. The van der Waals surface area contributed by atoms with Crippen LogP contribution in [0.2, 0.25) is 0 Å². The van der Waals surface area contributed by atoms with E-state index in [1.165, 1.54) is 19.3 Å². The van der Waals surface area contributed by atoms with Crippen LogP contribution < -0.4 is 15.9 Å². The summed E-state index contributed by atoms with van der Waals surface area (Å²) in [6.45, 7) is 6.21. The van der Waals surface area contributed by atoms with Crippen LogP contribution in [0.15, 0.2) is 36.2 Å². The summed E-state index contributed by atoms with van der Waals surface area (Å²) in [5.74, 6) is 1.62. The van der Waals surface area contributed by atoms with E-state index < -0.39 is 0 Å². The smallest absolute Gasteiger partial charge is 0.189 e. The average Bonchev–Trinajstić information content (AvgIpc) is 2.99. The number of ketones is 1. The summed E-state index contributed by atoms with van der Waals surface area (Å²) in [4.78, 5) is 12.3. The van der Waals surface area contributed by atoms with E-state index in [2.05, 4.69) is 26.8 Å². The van der Waals surface area contributed by atoms with Gasteiger partial charge in [0.05, 0.1) is 0 Å². The van der Waals surface area contributed by atoms with E-state index in [1.807, 2.05) is 38.1 Å². The van der Waals surface area contributed by atoms with Crippen LogP contribution in [0, 0.1) is 5.92 Å². The van der Waals surface area contributed by atoms with Gasteiger partial charge in [0, 0.05) is 23.7 Å². The first-order chi connectivity index (χ1) is 10.6. The van der Waals surface area contributed by atoms with Gasteiger partial charge in [0.2, 0.25) is 0 Å². The van der Waals surface area contributed by atoms with Crippen LogP contribution in [-0.2, 0) is 0 Å². The van der Waals surface area contributed by atoms with Crippen molar-refractivity contribution < 1.29 is 4.79 Å². The van der Waals surface area contributed by atoms with Crippen molar-refractivity contribution in [1.29, 1.82) is 0 Å². The third-order valence-electron chi connectivity index (χ3n) is 4.41. The molecule has 1 aliphatic heterocycles. The third-order valence-corrected chi connectivity index (χ3v) is 4.79. The van der Waals surface area contributed by atoms with E-state index in [1.54, 1.807) is 6.08 Å². The molecule has 3 rings (SSSR count). The molecule has 0 radical (unpaired) electrons. The Kier molecular flexibility index (Phi) is 6.02. The van der Waals surface area contributed by atoms with Crippen molar-refractivity contribution in [2.45, 2.75) is 52.1 Å². The van der Waals surface area contributed by atoms with E-state index in [0.29, 0.717) is 18.0 Å². The molecule has 0 bridgehead atoms. The van der Waals surface area contributed by atoms with Crippen LogP contribution in [0.3, 0.4) is 0 Å². The van der Waals surface area contributed by atoms with Gasteiger partial charge in [0.25, 0.3) is 0 Å². The first kappa shape index (κ1) is 17.0. The Labute approximate surface area is 136 Å². The van der Waals surface area contributed by atoms with Gasteiger partial charge in [-0.05, 0) is 31.0 Å². The molecule has 0 amide bonds. The van der Waals surface area contributed by atoms with E-state index >= 15 is 0 Å². The van der Waals surface area contributed by atoms with Crippen LogP contribution in [-0.4, -0.2) is 17.9 Å². The zero-order valence-electron chi connectivity index (χ0n) is 13.7. The molecule has 1 aromatic rings. The molecule has 120 valence electrons. The minimum absolute atomic E-state index is 0.0497. The summed E-state index contributed by atoms with van der Waals surface area (Å²) in [5, 5.41) is 8.00. The molecule has 1 aromatic carbocycles. The van der Waals surface area contributed by atoms with E-state index in [9.17, 15) is 4.79 Å². The van der Waals surface area contributed by atoms with Crippen molar-refractivity contribution in [2.24, 2.45) is 5.92 Å². The fourth-order valence-corrected chi connectivity index (χ4v) is 3.50. The van der Waals surface area contributed by atoms with Gasteiger partial charge in [0.15, 0.2) is 5.78 Å². The molecule has 2 N–H and O–H groups in total. The molecule has 3 nitrogen and oxygen atoms in total. The molecule has 1 aliphatic carbocycles. The van der Waals surface area contributed by atoms with Crippen molar-refractivity contribution in [1.82, 2.24) is 10.6 Å². The molecule has 0 aromatic heterocycles. The summed E-state index contributed by atoms with van der Waals surface area (Å²) in [5.41, 5.74) is 0.730. The second-order valence-electron chi connectivity index (χ2n) is 5.82. The van der Waals surface area contributed by atoms with Gasteiger partial charge in [-0.25, -0.2) is 0 Å². The molecular formula is C18H27N2OP. The Morgan fingerprint density at radius 3 is 2.55 bits per heavy atom. The molecule has 2 fully saturated rings. The first-order valence-corrected chi connectivity index (χ1v) is 8.86. The van der Waals surface area contributed by atoms with Crippen molar-refractivity contribution in [2.75, 3.05) is 0 Å². The molecule has 4 heteroatoms. The molecule has 4 atom stereocenters. The Hall–Kier alpha value is -1.34. The predicted octanol–water partition coefficient (Wildman–Crippen LogP) is 2.99. The number of hydrogen-bond acceptors (Lipinski definition) is 3. The van der Waals surface area contributed by atoms with Gasteiger partial charge in [-0.2, -0.15) is 0 Å². The minimum atomic E-state index is 0.0497. The van der Waals surface area contributed by atoms with E-state index in [0.717, 1.165) is 16.7 Å². The zero-order chi connectivity index (χ0) is 16.1. The molecule has 1 saturated carbocycles. The number of carbonyl (C=O) groups is 1. The number of rotatable bonds is 2. The Balaban J connectivity index is 0.000000847. The van der Waals surface area contributed by atoms with Gasteiger partial charge in [-0.15, -0.1) is 9.24 Å². The van der Waals surface area contributed by atoms with E-state index in [-0.39, 0.29) is 5.78 Å². The van der Waals surface area contributed by atoms with Crippen molar-refractivity contribution in [3.8, 4) is 0 Å². The zero-order valence-corrected chi connectivity index (χ0v) is 14.9. The van der Waals surface area contributed by atoms with Gasteiger partial charge in [0.1, 0.15) is 5.82 Å². The topological polar surface area (TPSA) is 41.1 Å². The summed E-state index contributed by atoms with van der Waals surface area (Å²) >= 11 is 0. The third kappa shape index (κ3) is 3.89. The highest BCUT2D eigenvalue weighted by atomic mass is 31.0. The van der Waals surface area contributed by atoms with Crippen LogP contribution in [0.5, 0.6) is 0 Å². The molecule has 1 heterocycles. The van der Waals surface area contributed by atoms with Crippen LogP contribution in [0.1, 0.15) is 50.4 Å². The van der Waals surface area contributed by atoms with Crippen molar-refractivity contribution in [3.63, 3.8) is 0 Å². The highest BCUT2D eigenvalue weighted by molar-refractivity contribution is 7.27. The number of hydrogen-bond donors (Lipinski definition) is 2. The van der Waals surface area contributed by atoms with Crippen LogP contribution in [0.4, 0.5) is 0 Å². The largest absolute Gasteiger partial charge is 0.369 e. The fourth-order valence-electron chi connectivity index (χ4n) is 3.31. The van der Waals surface area contributed by atoms with E-state index in [4.69, 9.17) is 0 Å². The number of fused-ring (bicyclic) bond motifs is 1. The van der Waals surface area contributed by atoms with Gasteiger partial charge < -0.3 is 10.6 Å². The number of nitrogens with one attached hydrogen (secondary N) is 2. The SMILES string of the molecule is CC.CC1N/C(=C\C(=O)c2ccc(P)cc2)NC2CCCC12. The lowest BCUT2D eigenvalue weighted by atomic mass is 9.93. The maximum Gasteiger partial charge on any atom is 0.189 e. The summed E-state index contributed by atoms with van der Waals surface area (Å²) in [6.07, 6.45) is 5.47. The molecular weight excluding hydrogens is 291 g/mol. The average molecular weight is 318 g/mol. The van der Waals surface area contributed by atoms with Gasteiger partial charge >= 0.3 is 0 Å². The second-order valence-corrected chi connectivity index (χ2v) is 6.49. The number of allylic oxidation sites excluding steroid dienone is 1. The molecule has 0 spiro atoms. The fraction of sp³-hybridized carbons (Fsp3) is 0.500. The molecule has 2 aliphatic rings. The lowest BCUT2D eigenvalue weighted by Crippen LogP contribution is -2.52. The first-order valence-electron chi connectivity index (χ1n) is 8.28. The Morgan fingerprint density at radius 1 is 1.18 bits per heavy atom. The summed E-state index contributed by atoms with van der Waals surface area (Å²) in [7, 11) is 2.63. The monoisotopic (exact) mass is 318 g/mol. The number of carbonyl (C=O) groups excluding carboxylic acids is 1. The van der Waals surface area contributed by atoms with Crippen molar-refractivity contribution in [3.05, 3.63) is 41.7 Å². The second kappa shape index (κ2) is 7.78. The minimum Gasteiger partial charge on any atom is -0.369 e. The lowest BCUT2D eigenvalue weighted by Gasteiger charge is -2.36. The number of benzene rings is 1. The van der Waals surface area contributed by atoms with Gasteiger partial charge in [-0.3, -0.25) is 4.79 Å². The summed E-state index contributed by atoms with van der Waals surface area (Å²) in [6, 6.07) is 8.58. The Bertz CT molecular complexity index is 539. The lowest BCUT2D eigenvalue weighted by molar-refractivity contribution is 0.104. The van der Waals surface area contributed by atoms with Crippen molar-refractivity contribution >= 4 is 20.3 Å². The summed E-state index contributed by atoms with van der Waals surface area (Å²) < 4.78 is 0. The molecule has 22 heavy (non-hydrogen) atoms. The highest BCUT2D eigenvalue weighted by Crippen LogP contribution is 2.31. The standard InChI is InChI=1S/C16H21N2OP.C2H6/c1-10-13-3-2-4-14(13)18-16(17-10)9-15(19)11-5-7-12(20)8-6-11;1-2/h5-10,13-14,17-18H,2-4,20H2,1H3;1-2H3/b16-9+;. The maximum absolute atomic E-state index is 12.3. The van der Waals surface area contributed by atoms with Gasteiger partial charge in [-0.1, -0.05) is 44.5 Å². The predicted molar refractivity (Wildman–Crippen MR) is 96.4 cm³/mol. The van der Waals surface area contributed by atoms with Crippen LogP contribution >= 0.6 is 9.24 Å². The molecule has 4 unspecified atom stereocenters. The van der Waals surface area contributed by atoms with Crippen LogP contribution in [0.25, 0.3) is 0 Å². The Morgan fingerprint density at radius 2 is 1.86 bits per heavy atom. The normalized spacial score (nSPS) is 28.0. The quantitative estimate of drug-likeness (QED) is 0.500. The highest BCUT2D eigenvalue weighted by Gasteiger charge is 2.35. The maximum atomic E-state index is 12.3.